The number of hydrogen-bond acceptors (Lipinski definition) is 5. The maximum absolute atomic E-state index is 12.4. The van der Waals surface area contributed by atoms with Crippen molar-refractivity contribution < 1.29 is 13.2 Å². The number of carbonyl (C=O) groups excluding carboxylic acids is 1. The highest BCUT2D eigenvalue weighted by Crippen LogP contribution is 2.16. The second-order valence-electron chi connectivity index (χ2n) is 6.02. The highest BCUT2D eigenvalue weighted by Gasteiger charge is 2.18. The summed E-state index contributed by atoms with van der Waals surface area (Å²) in [6.07, 6.45) is 2.09. The van der Waals surface area contributed by atoms with Crippen LogP contribution in [0.3, 0.4) is 0 Å². The number of amides is 2. The Bertz CT molecular complexity index is 864. The van der Waals surface area contributed by atoms with Crippen LogP contribution < -0.4 is 15.4 Å². The molecule has 1 heterocycles. The van der Waals surface area contributed by atoms with Crippen molar-refractivity contribution in [2.24, 2.45) is 7.05 Å². The number of nitrogens with zero attached hydrogens (tertiary/aromatic N) is 3. The molecule has 2 atom stereocenters. The Balaban J connectivity index is 2.06. The number of urea groups is 1. The van der Waals surface area contributed by atoms with Crippen LogP contribution in [0.5, 0.6) is 0 Å². The van der Waals surface area contributed by atoms with Crippen LogP contribution in [0.2, 0.25) is 0 Å². The van der Waals surface area contributed by atoms with E-state index in [0.29, 0.717) is 17.9 Å². The van der Waals surface area contributed by atoms with Crippen molar-refractivity contribution in [3.05, 3.63) is 36.4 Å². The van der Waals surface area contributed by atoms with E-state index in [1.54, 1.807) is 37.7 Å². The van der Waals surface area contributed by atoms with Crippen LogP contribution in [0, 0.1) is 0 Å². The highest BCUT2D eigenvalue weighted by atomic mass is 32.2. The zero-order valence-corrected chi connectivity index (χ0v) is 16.0. The maximum Gasteiger partial charge on any atom is 0.319 e. The third-order valence-electron chi connectivity index (χ3n) is 3.85. The summed E-state index contributed by atoms with van der Waals surface area (Å²) < 4.78 is 28.9. The number of carbonyl (C=O) groups is 1. The number of benzene rings is 1. The quantitative estimate of drug-likeness (QED) is 0.677. The third kappa shape index (κ3) is 5.02. The molecule has 142 valence electrons. The number of aromatic nitrogens is 3. The Kier molecular flexibility index (Phi) is 6.32. The fourth-order valence-corrected chi connectivity index (χ4v) is 3.66. The Morgan fingerprint density at radius 2 is 2.04 bits per heavy atom. The second kappa shape index (κ2) is 8.28. The summed E-state index contributed by atoms with van der Waals surface area (Å²) in [5.74, 6) is 0.606. The van der Waals surface area contributed by atoms with E-state index < -0.39 is 16.1 Å². The first-order valence-electron chi connectivity index (χ1n) is 8.26. The third-order valence-corrected chi connectivity index (χ3v) is 5.44. The van der Waals surface area contributed by atoms with E-state index in [-0.39, 0.29) is 17.0 Å². The molecular weight excluding hydrogens is 356 g/mol. The van der Waals surface area contributed by atoms with Gasteiger partial charge in [0.1, 0.15) is 12.2 Å². The molecule has 2 unspecified atom stereocenters. The van der Waals surface area contributed by atoms with Gasteiger partial charge in [-0.2, -0.15) is 5.10 Å². The fourth-order valence-electron chi connectivity index (χ4n) is 2.28. The van der Waals surface area contributed by atoms with Gasteiger partial charge in [-0.3, -0.25) is 4.68 Å². The van der Waals surface area contributed by atoms with Crippen molar-refractivity contribution in [2.45, 2.75) is 44.2 Å². The molecule has 0 aliphatic heterocycles. The van der Waals surface area contributed by atoms with E-state index in [4.69, 9.17) is 0 Å². The molecule has 0 fully saturated rings. The van der Waals surface area contributed by atoms with Crippen molar-refractivity contribution in [2.75, 3.05) is 5.32 Å². The molecule has 2 rings (SSSR count). The van der Waals surface area contributed by atoms with Crippen LogP contribution in [0.15, 0.2) is 35.5 Å². The molecule has 0 bridgehead atoms. The lowest BCUT2D eigenvalue weighted by Gasteiger charge is -2.15. The van der Waals surface area contributed by atoms with E-state index in [2.05, 4.69) is 25.4 Å². The first kappa shape index (κ1) is 19.9. The molecule has 0 spiro atoms. The summed E-state index contributed by atoms with van der Waals surface area (Å²) >= 11 is 0. The molecule has 2 aromatic rings. The summed E-state index contributed by atoms with van der Waals surface area (Å²) in [5.41, 5.74) is 0.375. The molecule has 0 radical (unpaired) electrons. The van der Waals surface area contributed by atoms with E-state index in [0.717, 1.165) is 0 Å². The van der Waals surface area contributed by atoms with Crippen molar-refractivity contribution in [3.8, 4) is 0 Å². The van der Waals surface area contributed by atoms with Crippen LogP contribution in [-0.2, 0) is 17.1 Å². The van der Waals surface area contributed by atoms with Gasteiger partial charge in [-0.15, -0.1) is 0 Å². The minimum atomic E-state index is -3.64. The second-order valence-corrected chi connectivity index (χ2v) is 7.73. The standard InChI is InChI=1S/C16H24N6O3S/c1-5-11(2)21-26(24,25)14-8-6-7-13(9-14)20-16(23)19-12(3)15-17-10-18-22(15)4/h6-12,21H,5H2,1-4H3,(H2,19,20,23). The van der Waals surface area contributed by atoms with Gasteiger partial charge in [-0.1, -0.05) is 13.0 Å². The van der Waals surface area contributed by atoms with Gasteiger partial charge in [0.15, 0.2) is 0 Å². The Morgan fingerprint density at radius 1 is 1.31 bits per heavy atom. The SMILES string of the molecule is CCC(C)NS(=O)(=O)c1cccc(NC(=O)NC(C)c2ncnn2C)c1. The summed E-state index contributed by atoms with van der Waals surface area (Å²) in [6.45, 7) is 5.47. The van der Waals surface area contributed by atoms with Gasteiger partial charge in [0.2, 0.25) is 10.0 Å². The first-order chi connectivity index (χ1) is 12.2. The van der Waals surface area contributed by atoms with E-state index in [9.17, 15) is 13.2 Å². The molecule has 26 heavy (non-hydrogen) atoms. The summed E-state index contributed by atoms with van der Waals surface area (Å²) in [7, 11) is -1.90. The first-order valence-corrected chi connectivity index (χ1v) is 9.75. The number of hydrogen-bond donors (Lipinski definition) is 3. The smallest absolute Gasteiger partial charge is 0.319 e. The monoisotopic (exact) mass is 380 g/mol. The largest absolute Gasteiger partial charge is 0.328 e. The van der Waals surface area contributed by atoms with Gasteiger partial charge in [-0.05, 0) is 38.5 Å². The molecule has 10 heteroatoms. The molecule has 0 saturated carbocycles. The summed E-state index contributed by atoms with van der Waals surface area (Å²) in [5, 5.41) is 9.33. The number of aryl methyl sites for hydroxylation is 1. The zero-order chi connectivity index (χ0) is 19.3. The van der Waals surface area contributed by atoms with Gasteiger partial charge < -0.3 is 10.6 Å². The Morgan fingerprint density at radius 3 is 2.65 bits per heavy atom. The summed E-state index contributed by atoms with van der Waals surface area (Å²) in [4.78, 5) is 16.3. The maximum atomic E-state index is 12.4. The number of rotatable bonds is 7. The molecule has 1 aromatic carbocycles. The molecule has 2 amide bonds. The molecule has 0 saturated heterocycles. The average molecular weight is 380 g/mol. The predicted molar refractivity (Wildman–Crippen MR) is 98.1 cm³/mol. The van der Waals surface area contributed by atoms with Crippen LogP contribution in [0.4, 0.5) is 10.5 Å². The Hall–Kier alpha value is -2.46. The van der Waals surface area contributed by atoms with Gasteiger partial charge in [0.25, 0.3) is 0 Å². The van der Waals surface area contributed by atoms with E-state index in [1.165, 1.54) is 18.5 Å². The van der Waals surface area contributed by atoms with Gasteiger partial charge in [0, 0.05) is 18.8 Å². The van der Waals surface area contributed by atoms with Crippen LogP contribution in [-0.4, -0.2) is 35.3 Å². The van der Waals surface area contributed by atoms with Crippen LogP contribution >= 0.6 is 0 Å². The lowest BCUT2D eigenvalue weighted by molar-refractivity contribution is 0.248. The summed E-state index contributed by atoms with van der Waals surface area (Å²) in [6, 6.07) is 5.09. The molecule has 9 nitrogen and oxygen atoms in total. The van der Waals surface area contributed by atoms with Gasteiger partial charge >= 0.3 is 6.03 Å². The highest BCUT2D eigenvalue weighted by molar-refractivity contribution is 7.89. The van der Waals surface area contributed by atoms with Crippen molar-refractivity contribution in [1.29, 1.82) is 0 Å². The Labute approximate surface area is 153 Å². The van der Waals surface area contributed by atoms with Crippen molar-refractivity contribution >= 4 is 21.7 Å². The van der Waals surface area contributed by atoms with Crippen molar-refractivity contribution in [1.82, 2.24) is 24.8 Å². The minimum absolute atomic E-state index is 0.0944. The topological polar surface area (TPSA) is 118 Å². The average Bonchev–Trinajstić information content (AvgIpc) is 3.00. The van der Waals surface area contributed by atoms with Crippen molar-refractivity contribution in [3.63, 3.8) is 0 Å². The number of nitrogens with one attached hydrogen (secondary N) is 3. The predicted octanol–water partition coefficient (Wildman–Crippen LogP) is 1.77. The lowest BCUT2D eigenvalue weighted by Crippen LogP contribution is -2.33. The molecule has 3 N–H and O–H groups in total. The molecule has 0 aliphatic carbocycles. The molecule has 0 aliphatic rings. The molecular formula is C16H24N6O3S. The van der Waals surface area contributed by atoms with Crippen LogP contribution in [0.25, 0.3) is 0 Å². The molecule has 1 aromatic heterocycles. The van der Waals surface area contributed by atoms with Crippen LogP contribution in [0.1, 0.15) is 39.1 Å². The van der Waals surface area contributed by atoms with E-state index >= 15 is 0 Å². The number of anilines is 1. The zero-order valence-electron chi connectivity index (χ0n) is 15.2. The van der Waals surface area contributed by atoms with E-state index in [1.807, 2.05) is 6.92 Å². The van der Waals surface area contributed by atoms with Gasteiger partial charge in [-0.25, -0.2) is 22.9 Å². The van der Waals surface area contributed by atoms with Gasteiger partial charge in [0.05, 0.1) is 10.9 Å². The minimum Gasteiger partial charge on any atom is -0.328 e. The normalized spacial score (nSPS) is 13.8. The fraction of sp³-hybridized carbons (Fsp3) is 0.438. The number of sulfonamides is 1. The lowest BCUT2D eigenvalue weighted by atomic mass is 10.3.